The maximum Gasteiger partial charge on any atom is 0.422 e. The number of carbonyl (C=O) groups is 1. The van der Waals surface area contributed by atoms with Gasteiger partial charge in [0.25, 0.3) is 0 Å². The summed E-state index contributed by atoms with van der Waals surface area (Å²) in [6.45, 7) is 5.58. The molecule has 0 radical (unpaired) electrons. The molecule has 0 spiro atoms. The minimum Gasteiger partial charge on any atom is -0.443 e. The third kappa shape index (κ3) is 5.38. The Labute approximate surface area is 127 Å². The van der Waals surface area contributed by atoms with Gasteiger partial charge in [-0.15, -0.1) is 0 Å². The van der Waals surface area contributed by atoms with Crippen LogP contribution in [0, 0.1) is 0 Å². The number of benzene rings is 1. The molecule has 0 aromatic heterocycles. The van der Waals surface area contributed by atoms with E-state index in [1.807, 2.05) is 20.8 Å². The topological polar surface area (TPSA) is 50.4 Å². The van der Waals surface area contributed by atoms with Crippen LogP contribution in [0.15, 0.2) is 30.3 Å². The molecule has 1 aliphatic rings. The first-order valence-electron chi connectivity index (χ1n) is 7.73. The Bertz CT molecular complexity index is 446. The number of rotatable bonds is 3. The molecule has 1 fully saturated rings. The van der Waals surface area contributed by atoms with Crippen molar-refractivity contribution in [2.24, 2.45) is 0 Å². The Hall–Kier alpha value is -1.55. The smallest absolute Gasteiger partial charge is 0.422 e. The summed E-state index contributed by atoms with van der Waals surface area (Å²) < 4.78 is 5.21. The van der Waals surface area contributed by atoms with E-state index in [1.165, 1.54) is 5.56 Å². The maximum atomic E-state index is 11.6. The fraction of sp³-hybridized carbons (Fsp3) is 0.588. The third-order valence-electron chi connectivity index (χ3n) is 3.78. The second kappa shape index (κ2) is 6.94. The van der Waals surface area contributed by atoms with Gasteiger partial charge in [0.1, 0.15) is 5.60 Å². The molecule has 0 saturated heterocycles. The third-order valence-corrected chi connectivity index (χ3v) is 3.78. The van der Waals surface area contributed by atoms with Gasteiger partial charge in [-0.05, 0) is 57.9 Å². The highest BCUT2D eigenvalue weighted by atomic mass is 16.6. The normalized spacial score (nSPS) is 22.6. The van der Waals surface area contributed by atoms with Crippen molar-refractivity contribution in [3.05, 3.63) is 35.9 Å². The molecule has 1 aliphatic carbocycles. The Kier molecular flexibility index (Phi) is 5.23. The molecule has 0 aliphatic heterocycles. The van der Waals surface area contributed by atoms with Gasteiger partial charge >= 0.3 is 6.09 Å². The lowest BCUT2D eigenvalue weighted by molar-refractivity contribution is 0.0481. The van der Waals surface area contributed by atoms with Crippen LogP contribution in [0.3, 0.4) is 0 Å². The quantitative estimate of drug-likeness (QED) is 0.834. The number of nitrogens with one attached hydrogen (secondary N) is 2. The van der Waals surface area contributed by atoms with Crippen LogP contribution in [0.2, 0.25) is 0 Å². The summed E-state index contributed by atoms with van der Waals surface area (Å²) in [4.78, 5) is 11.6. The van der Waals surface area contributed by atoms with Gasteiger partial charge in [-0.1, -0.05) is 30.3 Å². The fourth-order valence-corrected chi connectivity index (χ4v) is 2.76. The highest BCUT2D eigenvalue weighted by Gasteiger charge is 2.23. The summed E-state index contributed by atoms with van der Waals surface area (Å²) in [7, 11) is 0. The molecule has 4 nitrogen and oxygen atoms in total. The van der Waals surface area contributed by atoms with Crippen LogP contribution in [0.5, 0.6) is 0 Å². The summed E-state index contributed by atoms with van der Waals surface area (Å²) in [5.41, 5.74) is 6.71. The van der Waals surface area contributed by atoms with Crippen LogP contribution in [-0.2, 0) is 4.74 Å². The zero-order valence-electron chi connectivity index (χ0n) is 13.2. The number of amides is 1. The second-order valence-electron chi connectivity index (χ2n) is 6.73. The molecular formula is C17H26N2O2. The Morgan fingerprint density at radius 2 is 1.71 bits per heavy atom. The van der Waals surface area contributed by atoms with E-state index in [0.29, 0.717) is 12.0 Å². The SMILES string of the molecule is CC(C)(C)OC(=O)NNC1CCC(c2ccccc2)CC1. The van der Waals surface area contributed by atoms with E-state index in [4.69, 9.17) is 4.74 Å². The Balaban J connectivity index is 1.71. The number of ether oxygens (including phenoxy) is 1. The molecule has 2 N–H and O–H groups in total. The van der Waals surface area contributed by atoms with E-state index in [-0.39, 0.29) is 0 Å². The van der Waals surface area contributed by atoms with Crippen molar-refractivity contribution in [1.29, 1.82) is 0 Å². The largest absolute Gasteiger partial charge is 0.443 e. The molecule has 0 unspecified atom stereocenters. The van der Waals surface area contributed by atoms with Crippen molar-refractivity contribution in [3.8, 4) is 0 Å². The van der Waals surface area contributed by atoms with E-state index in [2.05, 4.69) is 41.2 Å². The molecule has 0 atom stereocenters. The molecule has 0 heterocycles. The van der Waals surface area contributed by atoms with Gasteiger partial charge in [0.15, 0.2) is 0 Å². The maximum absolute atomic E-state index is 11.6. The van der Waals surface area contributed by atoms with Gasteiger partial charge < -0.3 is 4.74 Å². The van der Waals surface area contributed by atoms with Crippen LogP contribution in [0.1, 0.15) is 57.9 Å². The minimum atomic E-state index is -0.462. The molecule has 1 aromatic carbocycles. The van der Waals surface area contributed by atoms with Crippen molar-refractivity contribution in [3.63, 3.8) is 0 Å². The van der Waals surface area contributed by atoms with Crippen molar-refractivity contribution >= 4 is 6.09 Å². The van der Waals surface area contributed by atoms with Crippen LogP contribution in [-0.4, -0.2) is 17.7 Å². The number of hydrogen-bond acceptors (Lipinski definition) is 3. The lowest BCUT2D eigenvalue weighted by atomic mass is 9.82. The monoisotopic (exact) mass is 290 g/mol. The first-order valence-corrected chi connectivity index (χ1v) is 7.73. The van der Waals surface area contributed by atoms with Crippen LogP contribution in [0.4, 0.5) is 4.79 Å². The number of hydrogen-bond donors (Lipinski definition) is 2. The van der Waals surface area contributed by atoms with Crippen LogP contribution in [0.25, 0.3) is 0 Å². The molecule has 1 amide bonds. The van der Waals surface area contributed by atoms with E-state index in [9.17, 15) is 4.79 Å². The van der Waals surface area contributed by atoms with Gasteiger partial charge in [0.2, 0.25) is 0 Å². The van der Waals surface area contributed by atoms with Gasteiger partial charge in [-0.2, -0.15) is 0 Å². The molecule has 0 bridgehead atoms. The average molecular weight is 290 g/mol. The van der Waals surface area contributed by atoms with Gasteiger partial charge in [-0.3, -0.25) is 5.43 Å². The molecule has 21 heavy (non-hydrogen) atoms. The van der Waals surface area contributed by atoms with Crippen molar-refractivity contribution in [1.82, 2.24) is 10.9 Å². The highest BCUT2D eigenvalue weighted by Crippen LogP contribution is 2.32. The predicted molar refractivity (Wildman–Crippen MR) is 83.9 cm³/mol. The lowest BCUT2D eigenvalue weighted by Crippen LogP contribution is -2.47. The van der Waals surface area contributed by atoms with Crippen molar-refractivity contribution in [2.45, 2.75) is 64.0 Å². The number of carbonyl (C=O) groups excluding carboxylic acids is 1. The Morgan fingerprint density at radius 3 is 2.29 bits per heavy atom. The van der Waals surface area contributed by atoms with E-state index < -0.39 is 11.7 Å². The molecule has 2 rings (SSSR count). The van der Waals surface area contributed by atoms with Crippen LogP contribution < -0.4 is 10.9 Å². The number of hydrazine groups is 1. The summed E-state index contributed by atoms with van der Waals surface area (Å²) >= 11 is 0. The minimum absolute atomic E-state index is 0.331. The van der Waals surface area contributed by atoms with Crippen molar-refractivity contribution in [2.75, 3.05) is 0 Å². The Morgan fingerprint density at radius 1 is 1.10 bits per heavy atom. The molecule has 4 heteroatoms. The van der Waals surface area contributed by atoms with Gasteiger partial charge in [0.05, 0.1) is 0 Å². The zero-order chi connectivity index (χ0) is 15.3. The summed E-state index contributed by atoms with van der Waals surface area (Å²) in [6.07, 6.45) is 4.02. The van der Waals surface area contributed by atoms with Crippen LogP contribution >= 0.6 is 0 Å². The van der Waals surface area contributed by atoms with E-state index in [1.54, 1.807) is 0 Å². The molecule has 1 saturated carbocycles. The van der Waals surface area contributed by atoms with Gasteiger partial charge in [-0.25, -0.2) is 10.2 Å². The van der Waals surface area contributed by atoms with E-state index in [0.717, 1.165) is 25.7 Å². The first-order chi connectivity index (χ1) is 9.94. The predicted octanol–water partition coefficient (Wildman–Crippen LogP) is 3.74. The molecule has 116 valence electrons. The zero-order valence-corrected chi connectivity index (χ0v) is 13.2. The molecular weight excluding hydrogens is 264 g/mol. The average Bonchev–Trinajstić information content (AvgIpc) is 2.45. The highest BCUT2D eigenvalue weighted by molar-refractivity contribution is 5.67. The lowest BCUT2D eigenvalue weighted by Gasteiger charge is -2.30. The summed E-state index contributed by atoms with van der Waals surface area (Å²) in [6, 6.07) is 11.0. The van der Waals surface area contributed by atoms with Crippen molar-refractivity contribution < 1.29 is 9.53 Å². The second-order valence-corrected chi connectivity index (χ2v) is 6.73. The summed E-state index contributed by atoms with van der Waals surface area (Å²) in [5.74, 6) is 0.644. The summed E-state index contributed by atoms with van der Waals surface area (Å²) in [5, 5.41) is 0. The standard InChI is InChI=1S/C17H26N2O2/c1-17(2,3)21-16(20)19-18-15-11-9-14(10-12-15)13-7-5-4-6-8-13/h4-8,14-15,18H,9-12H2,1-3H3,(H,19,20). The fourth-order valence-electron chi connectivity index (χ4n) is 2.76. The molecule has 1 aromatic rings. The van der Waals surface area contributed by atoms with Gasteiger partial charge in [0, 0.05) is 6.04 Å². The van der Waals surface area contributed by atoms with E-state index >= 15 is 0 Å². The first kappa shape index (κ1) is 15.8.